The van der Waals surface area contributed by atoms with E-state index in [-0.39, 0.29) is 5.82 Å². The largest absolute Gasteiger partial charge is 0.310 e. The molecule has 96 valence electrons. The highest BCUT2D eigenvalue weighted by Crippen LogP contribution is 2.18. The molecule has 0 unspecified atom stereocenters. The molecule has 0 saturated carbocycles. The van der Waals surface area contributed by atoms with Gasteiger partial charge < -0.3 is 5.32 Å². The molecule has 1 N–H and O–H groups in total. The quantitative estimate of drug-likeness (QED) is 0.653. The molecule has 0 amide bonds. The summed E-state index contributed by atoms with van der Waals surface area (Å²) in [5, 5.41) is 14.8. The Kier molecular flexibility index (Phi) is 4.59. The Morgan fingerprint density at radius 3 is 3.00 bits per heavy atom. The second kappa shape index (κ2) is 6.19. The van der Waals surface area contributed by atoms with Crippen LogP contribution in [0, 0.1) is 9.39 Å². The summed E-state index contributed by atoms with van der Waals surface area (Å²) in [6.07, 6.45) is 1.05. The van der Waals surface area contributed by atoms with Gasteiger partial charge in [0.2, 0.25) is 0 Å². The molecule has 18 heavy (non-hydrogen) atoms. The van der Waals surface area contributed by atoms with Gasteiger partial charge in [0, 0.05) is 3.57 Å². The van der Waals surface area contributed by atoms with Gasteiger partial charge in [0.05, 0.1) is 12.2 Å². The number of hydrogen-bond acceptors (Lipinski definition) is 4. The molecule has 0 saturated heterocycles. The third-order valence-electron chi connectivity index (χ3n) is 2.38. The lowest BCUT2D eigenvalue weighted by Gasteiger charge is -2.07. The Morgan fingerprint density at radius 2 is 2.28 bits per heavy atom. The van der Waals surface area contributed by atoms with Crippen molar-refractivity contribution >= 4 is 22.6 Å². The predicted octanol–water partition coefficient (Wildman–Crippen LogP) is 1.91. The molecule has 2 rings (SSSR count). The van der Waals surface area contributed by atoms with Crippen molar-refractivity contribution in [3.63, 3.8) is 0 Å². The van der Waals surface area contributed by atoms with Crippen LogP contribution in [0.25, 0.3) is 5.69 Å². The Bertz CT molecular complexity index is 528. The van der Waals surface area contributed by atoms with E-state index in [2.05, 4.69) is 50.4 Å². The van der Waals surface area contributed by atoms with Crippen LogP contribution in [0.3, 0.4) is 0 Å². The number of rotatable bonds is 5. The summed E-state index contributed by atoms with van der Waals surface area (Å²) in [4.78, 5) is 0. The van der Waals surface area contributed by atoms with E-state index < -0.39 is 0 Å². The van der Waals surface area contributed by atoms with Gasteiger partial charge in [0.1, 0.15) is 5.82 Å². The summed E-state index contributed by atoms with van der Waals surface area (Å²) >= 11 is 2.07. The molecular formula is C11H13FIN5. The summed E-state index contributed by atoms with van der Waals surface area (Å²) in [5.74, 6) is 0.454. The Balaban J connectivity index is 2.25. The van der Waals surface area contributed by atoms with Gasteiger partial charge in [-0.1, -0.05) is 6.92 Å². The Morgan fingerprint density at radius 1 is 1.44 bits per heavy atom. The van der Waals surface area contributed by atoms with Gasteiger partial charge in [-0.3, -0.25) is 0 Å². The van der Waals surface area contributed by atoms with Crippen LogP contribution in [0.5, 0.6) is 0 Å². The number of aromatic nitrogens is 4. The van der Waals surface area contributed by atoms with Crippen LogP contribution in [0.4, 0.5) is 4.39 Å². The van der Waals surface area contributed by atoms with E-state index in [0.717, 1.165) is 22.2 Å². The molecule has 5 nitrogen and oxygen atoms in total. The second-order valence-electron chi connectivity index (χ2n) is 3.78. The molecule has 0 aliphatic carbocycles. The van der Waals surface area contributed by atoms with E-state index in [9.17, 15) is 4.39 Å². The predicted molar refractivity (Wildman–Crippen MR) is 73.8 cm³/mol. The maximum atomic E-state index is 13.1. The first kappa shape index (κ1) is 13.3. The van der Waals surface area contributed by atoms with Crippen LogP contribution in [0.2, 0.25) is 0 Å². The lowest BCUT2D eigenvalue weighted by atomic mass is 10.3. The van der Waals surface area contributed by atoms with Crippen molar-refractivity contribution in [2.45, 2.75) is 19.9 Å². The monoisotopic (exact) mass is 361 g/mol. The molecule has 1 heterocycles. The minimum Gasteiger partial charge on any atom is -0.310 e. The van der Waals surface area contributed by atoms with E-state index in [1.54, 1.807) is 10.7 Å². The molecule has 0 fully saturated rings. The molecule has 0 spiro atoms. The molecule has 0 radical (unpaired) electrons. The van der Waals surface area contributed by atoms with E-state index in [4.69, 9.17) is 0 Å². The fourth-order valence-corrected chi connectivity index (χ4v) is 2.24. The zero-order valence-corrected chi connectivity index (χ0v) is 12.1. The highest BCUT2D eigenvalue weighted by Gasteiger charge is 2.11. The number of nitrogens with zero attached hydrogens (tertiary/aromatic N) is 4. The number of tetrazole rings is 1. The molecule has 1 aromatic heterocycles. The average molecular weight is 361 g/mol. The topological polar surface area (TPSA) is 55.6 Å². The molecule has 7 heteroatoms. The fraction of sp³-hybridized carbons (Fsp3) is 0.364. The molecule has 2 aromatic rings. The first-order valence-electron chi connectivity index (χ1n) is 5.65. The SMILES string of the molecule is CCCNCc1nnnn1-c1ccc(F)cc1I. The molecule has 1 aromatic carbocycles. The normalized spacial score (nSPS) is 10.8. The molecular weight excluding hydrogens is 348 g/mol. The van der Waals surface area contributed by atoms with Gasteiger partial charge in [0.15, 0.2) is 5.82 Å². The van der Waals surface area contributed by atoms with Crippen molar-refractivity contribution in [1.82, 2.24) is 25.5 Å². The standard InChI is InChI=1S/C11H13FIN5/c1-2-5-14-7-11-15-16-17-18(11)10-4-3-8(12)6-9(10)13/h3-4,6,14H,2,5,7H2,1H3. The highest BCUT2D eigenvalue weighted by molar-refractivity contribution is 14.1. The van der Waals surface area contributed by atoms with Gasteiger partial charge in [-0.15, -0.1) is 5.10 Å². The third-order valence-corrected chi connectivity index (χ3v) is 3.25. The lowest BCUT2D eigenvalue weighted by Crippen LogP contribution is -2.18. The first-order valence-corrected chi connectivity index (χ1v) is 6.73. The van der Waals surface area contributed by atoms with E-state index in [1.807, 2.05) is 0 Å². The Hall–Kier alpha value is -1.09. The van der Waals surface area contributed by atoms with Crippen molar-refractivity contribution in [2.24, 2.45) is 0 Å². The minimum atomic E-state index is -0.262. The smallest absolute Gasteiger partial charge is 0.170 e. The number of benzene rings is 1. The van der Waals surface area contributed by atoms with Crippen molar-refractivity contribution in [2.75, 3.05) is 6.54 Å². The van der Waals surface area contributed by atoms with Crippen molar-refractivity contribution in [1.29, 1.82) is 0 Å². The maximum Gasteiger partial charge on any atom is 0.170 e. The van der Waals surface area contributed by atoms with E-state index in [1.165, 1.54) is 12.1 Å². The van der Waals surface area contributed by atoms with Gasteiger partial charge in [-0.25, -0.2) is 4.39 Å². The minimum absolute atomic E-state index is 0.262. The van der Waals surface area contributed by atoms with Crippen LogP contribution in [0.15, 0.2) is 18.2 Å². The summed E-state index contributed by atoms with van der Waals surface area (Å²) in [6, 6.07) is 4.54. The molecule has 0 aliphatic rings. The summed E-state index contributed by atoms with van der Waals surface area (Å²) < 4.78 is 15.5. The number of nitrogens with one attached hydrogen (secondary N) is 1. The summed E-state index contributed by atoms with van der Waals surface area (Å²) in [7, 11) is 0. The highest BCUT2D eigenvalue weighted by atomic mass is 127. The van der Waals surface area contributed by atoms with E-state index >= 15 is 0 Å². The lowest BCUT2D eigenvalue weighted by molar-refractivity contribution is 0.620. The van der Waals surface area contributed by atoms with Gasteiger partial charge in [-0.2, -0.15) is 4.68 Å². The van der Waals surface area contributed by atoms with Gasteiger partial charge in [-0.05, 0) is 64.2 Å². The van der Waals surface area contributed by atoms with Gasteiger partial charge >= 0.3 is 0 Å². The van der Waals surface area contributed by atoms with Crippen LogP contribution >= 0.6 is 22.6 Å². The third kappa shape index (κ3) is 3.02. The second-order valence-corrected chi connectivity index (χ2v) is 4.94. The van der Waals surface area contributed by atoms with Crippen LogP contribution in [-0.4, -0.2) is 26.8 Å². The zero-order valence-electron chi connectivity index (χ0n) is 9.90. The zero-order chi connectivity index (χ0) is 13.0. The molecule has 0 aliphatic heterocycles. The number of hydrogen-bond donors (Lipinski definition) is 1. The number of halogens is 2. The average Bonchev–Trinajstić information content (AvgIpc) is 2.78. The van der Waals surface area contributed by atoms with Crippen molar-refractivity contribution in [3.05, 3.63) is 33.4 Å². The molecule has 0 atom stereocenters. The van der Waals surface area contributed by atoms with Crippen LogP contribution < -0.4 is 5.32 Å². The first-order chi connectivity index (χ1) is 8.72. The van der Waals surface area contributed by atoms with Gasteiger partial charge in [0.25, 0.3) is 0 Å². The van der Waals surface area contributed by atoms with E-state index in [0.29, 0.717) is 12.4 Å². The Labute approximate surface area is 118 Å². The maximum absolute atomic E-state index is 13.1. The van der Waals surface area contributed by atoms with Crippen LogP contribution in [0.1, 0.15) is 19.2 Å². The summed E-state index contributed by atoms with van der Waals surface area (Å²) in [6.45, 7) is 3.60. The molecule has 0 bridgehead atoms. The van der Waals surface area contributed by atoms with Crippen LogP contribution in [-0.2, 0) is 6.54 Å². The van der Waals surface area contributed by atoms with Crippen molar-refractivity contribution in [3.8, 4) is 5.69 Å². The fourth-order valence-electron chi connectivity index (χ4n) is 1.53. The summed E-state index contributed by atoms with van der Waals surface area (Å²) in [5.41, 5.74) is 0.787. The van der Waals surface area contributed by atoms with Crippen molar-refractivity contribution < 1.29 is 4.39 Å².